The van der Waals surface area contributed by atoms with Gasteiger partial charge in [-0.1, -0.05) is 18.2 Å². The van der Waals surface area contributed by atoms with Gasteiger partial charge < -0.3 is 29.2 Å². The molecule has 1 aromatic rings. The number of aliphatic hydroxyl groups is 1. The predicted octanol–water partition coefficient (Wildman–Crippen LogP) is 2.10. The molecule has 1 unspecified atom stereocenters. The fourth-order valence-electron chi connectivity index (χ4n) is 4.12. The first-order valence-electron chi connectivity index (χ1n) is 8.62. The monoisotopic (exact) mass is 366 g/mol. The van der Waals surface area contributed by atoms with Crippen LogP contribution < -0.4 is 0 Å². The van der Waals surface area contributed by atoms with Crippen LogP contribution in [-0.2, 0) is 18.9 Å². The van der Waals surface area contributed by atoms with E-state index in [1.807, 2.05) is 18.2 Å². The molecule has 0 radical (unpaired) electrons. The Balaban J connectivity index is 2.59. The van der Waals surface area contributed by atoms with Crippen LogP contribution >= 0.6 is 0 Å². The van der Waals surface area contributed by atoms with E-state index in [1.54, 1.807) is 40.6 Å². The van der Waals surface area contributed by atoms with Gasteiger partial charge in [-0.2, -0.15) is 0 Å². The van der Waals surface area contributed by atoms with Gasteiger partial charge in [0, 0.05) is 33.9 Å². The average Bonchev–Trinajstić information content (AvgIpc) is 2.61. The summed E-state index contributed by atoms with van der Waals surface area (Å²) in [6.45, 7) is 1.29. The van der Waals surface area contributed by atoms with Gasteiger partial charge in [0.15, 0.2) is 0 Å². The lowest BCUT2D eigenvalue weighted by atomic mass is 9.61. The Morgan fingerprint density at radius 2 is 1.38 bits per heavy atom. The molecule has 0 aliphatic heterocycles. The average molecular weight is 366 g/mol. The standard InChI is InChI=1S/C20H30O6/c1-23-11-19(12-24-2)9-16(15-5-7-17(21)8-6-15)10-20(13-25-3,14-26-4)18(19)22/h5-9,18,21-22H,10-14H2,1-4H3. The zero-order valence-corrected chi connectivity index (χ0v) is 16.0. The van der Waals surface area contributed by atoms with Crippen molar-refractivity contribution in [2.75, 3.05) is 54.9 Å². The second-order valence-electron chi connectivity index (χ2n) is 7.12. The molecule has 146 valence electrons. The van der Waals surface area contributed by atoms with Crippen molar-refractivity contribution in [2.45, 2.75) is 12.5 Å². The van der Waals surface area contributed by atoms with Crippen molar-refractivity contribution in [3.8, 4) is 5.75 Å². The number of methoxy groups -OCH3 is 4. The highest BCUT2D eigenvalue weighted by molar-refractivity contribution is 5.69. The fraction of sp³-hybridized carbons (Fsp3) is 0.600. The van der Waals surface area contributed by atoms with E-state index in [0.717, 1.165) is 11.1 Å². The van der Waals surface area contributed by atoms with Crippen LogP contribution in [0.5, 0.6) is 5.75 Å². The molecule has 6 nitrogen and oxygen atoms in total. The number of hydrogen-bond donors (Lipinski definition) is 2. The normalized spacial score (nSPS) is 21.4. The summed E-state index contributed by atoms with van der Waals surface area (Å²) in [6, 6.07) is 7.05. The first kappa shape index (κ1) is 20.9. The van der Waals surface area contributed by atoms with Crippen LogP contribution in [0.4, 0.5) is 0 Å². The Bertz CT molecular complexity index is 583. The Morgan fingerprint density at radius 1 is 0.885 bits per heavy atom. The molecule has 0 saturated carbocycles. The van der Waals surface area contributed by atoms with Crippen LogP contribution in [0, 0.1) is 10.8 Å². The minimum absolute atomic E-state index is 0.213. The van der Waals surface area contributed by atoms with E-state index < -0.39 is 16.9 Å². The fourth-order valence-corrected chi connectivity index (χ4v) is 4.12. The Morgan fingerprint density at radius 3 is 1.85 bits per heavy atom. The van der Waals surface area contributed by atoms with E-state index in [-0.39, 0.29) is 5.75 Å². The SMILES string of the molecule is COCC1(COC)C=C(c2ccc(O)cc2)CC(COC)(COC)C1O. The van der Waals surface area contributed by atoms with Gasteiger partial charge in [-0.05, 0) is 29.7 Å². The van der Waals surface area contributed by atoms with Crippen molar-refractivity contribution in [1.82, 2.24) is 0 Å². The van der Waals surface area contributed by atoms with Gasteiger partial charge in [-0.25, -0.2) is 0 Å². The maximum atomic E-state index is 11.4. The van der Waals surface area contributed by atoms with Crippen molar-refractivity contribution >= 4 is 5.57 Å². The van der Waals surface area contributed by atoms with Crippen LogP contribution in [-0.4, -0.2) is 71.2 Å². The van der Waals surface area contributed by atoms with E-state index in [9.17, 15) is 10.2 Å². The van der Waals surface area contributed by atoms with Gasteiger partial charge in [0.1, 0.15) is 5.75 Å². The molecule has 0 amide bonds. The second kappa shape index (κ2) is 8.97. The lowest BCUT2D eigenvalue weighted by molar-refractivity contribution is -0.147. The van der Waals surface area contributed by atoms with Gasteiger partial charge >= 0.3 is 0 Å². The summed E-state index contributed by atoms with van der Waals surface area (Å²) in [5.41, 5.74) is 0.649. The van der Waals surface area contributed by atoms with Gasteiger partial charge in [-0.3, -0.25) is 0 Å². The number of benzene rings is 1. The zero-order chi connectivity index (χ0) is 19.2. The van der Waals surface area contributed by atoms with E-state index in [0.29, 0.717) is 32.8 Å². The number of allylic oxidation sites excluding steroid dienone is 1. The van der Waals surface area contributed by atoms with E-state index in [4.69, 9.17) is 18.9 Å². The first-order valence-corrected chi connectivity index (χ1v) is 8.62. The molecule has 0 fully saturated rings. The first-order chi connectivity index (χ1) is 12.5. The maximum absolute atomic E-state index is 11.4. The maximum Gasteiger partial charge on any atom is 0.115 e. The number of aromatic hydroxyl groups is 1. The molecule has 2 rings (SSSR count). The topological polar surface area (TPSA) is 77.4 Å². The van der Waals surface area contributed by atoms with Gasteiger partial charge in [-0.15, -0.1) is 0 Å². The highest BCUT2D eigenvalue weighted by Crippen LogP contribution is 2.49. The minimum atomic E-state index is -0.768. The molecule has 1 aromatic carbocycles. The van der Waals surface area contributed by atoms with Crippen molar-refractivity contribution < 1.29 is 29.2 Å². The molecule has 0 aromatic heterocycles. The predicted molar refractivity (Wildman–Crippen MR) is 99.1 cm³/mol. The summed E-state index contributed by atoms with van der Waals surface area (Å²) in [7, 11) is 6.47. The van der Waals surface area contributed by atoms with Crippen LogP contribution in [0.3, 0.4) is 0 Å². The van der Waals surface area contributed by atoms with E-state index in [1.165, 1.54) is 0 Å². The van der Waals surface area contributed by atoms with Crippen molar-refractivity contribution in [3.05, 3.63) is 35.9 Å². The molecule has 0 bridgehead atoms. The quantitative estimate of drug-likeness (QED) is 0.697. The molecule has 1 aliphatic rings. The molecule has 1 aliphatic carbocycles. The van der Waals surface area contributed by atoms with Gasteiger partial charge in [0.25, 0.3) is 0 Å². The number of phenolic OH excluding ortho intramolecular Hbond substituents is 1. The van der Waals surface area contributed by atoms with Crippen LogP contribution in [0.1, 0.15) is 12.0 Å². The molecule has 0 spiro atoms. The lowest BCUT2D eigenvalue weighted by Gasteiger charge is -2.50. The number of aliphatic hydroxyl groups excluding tert-OH is 1. The minimum Gasteiger partial charge on any atom is -0.508 e. The number of rotatable bonds is 9. The summed E-state index contributed by atoms with van der Waals surface area (Å²) < 4.78 is 21.9. The Labute approximate surface area is 155 Å². The van der Waals surface area contributed by atoms with Gasteiger partial charge in [0.05, 0.1) is 37.9 Å². The molecule has 1 atom stereocenters. The second-order valence-corrected chi connectivity index (χ2v) is 7.12. The van der Waals surface area contributed by atoms with E-state index in [2.05, 4.69) is 0 Å². The third-order valence-corrected chi connectivity index (χ3v) is 5.06. The lowest BCUT2D eigenvalue weighted by Crippen LogP contribution is -2.57. The number of hydrogen-bond acceptors (Lipinski definition) is 6. The molecule has 2 N–H and O–H groups in total. The third-order valence-electron chi connectivity index (χ3n) is 5.06. The molecule has 0 saturated heterocycles. The number of phenols is 1. The summed E-state index contributed by atoms with van der Waals surface area (Å²) >= 11 is 0. The van der Waals surface area contributed by atoms with Gasteiger partial charge in [0.2, 0.25) is 0 Å². The summed E-state index contributed by atoms with van der Waals surface area (Å²) in [5, 5.41) is 21.0. The highest BCUT2D eigenvalue weighted by Gasteiger charge is 2.53. The van der Waals surface area contributed by atoms with E-state index >= 15 is 0 Å². The molecule has 0 heterocycles. The molecule has 26 heavy (non-hydrogen) atoms. The largest absolute Gasteiger partial charge is 0.508 e. The molecular formula is C20H30O6. The summed E-state index contributed by atoms with van der Waals surface area (Å²) in [5.74, 6) is 0.213. The van der Waals surface area contributed by atoms with Crippen molar-refractivity contribution in [1.29, 1.82) is 0 Å². The van der Waals surface area contributed by atoms with Crippen LogP contribution in [0.25, 0.3) is 5.57 Å². The van der Waals surface area contributed by atoms with Crippen molar-refractivity contribution in [3.63, 3.8) is 0 Å². The molecule has 6 heteroatoms. The smallest absolute Gasteiger partial charge is 0.115 e. The van der Waals surface area contributed by atoms with Crippen molar-refractivity contribution in [2.24, 2.45) is 10.8 Å². The highest BCUT2D eigenvalue weighted by atomic mass is 16.5. The van der Waals surface area contributed by atoms with Crippen LogP contribution in [0.2, 0.25) is 0 Å². The zero-order valence-electron chi connectivity index (χ0n) is 16.0. The Hall–Kier alpha value is -1.44. The molecular weight excluding hydrogens is 336 g/mol. The third kappa shape index (κ3) is 4.10. The summed E-state index contributed by atoms with van der Waals surface area (Å²) in [6.07, 6.45) is 1.85. The Kier molecular flexibility index (Phi) is 7.20. The number of ether oxygens (including phenoxy) is 4. The summed E-state index contributed by atoms with van der Waals surface area (Å²) in [4.78, 5) is 0. The van der Waals surface area contributed by atoms with Crippen LogP contribution in [0.15, 0.2) is 30.3 Å².